The van der Waals surface area contributed by atoms with Crippen LogP contribution in [0.1, 0.15) is 11.1 Å². The van der Waals surface area contributed by atoms with Gasteiger partial charge >= 0.3 is 0 Å². The fraction of sp³-hybridized carbons (Fsp3) is 0.143. The molecule has 0 spiro atoms. The largest absolute Gasteiger partial charge is 0.508 e. The van der Waals surface area contributed by atoms with Crippen molar-refractivity contribution in [2.45, 2.75) is 13.5 Å². The van der Waals surface area contributed by atoms with Gasteiger partial charge in [0.05, 0.1) is 0 Å². The van der Waals surface area contributed by atoms with Gasteiger partial charge in [-0.25, -0.2) is 0 Å². The van der Waals surface area contributed by atoms with Crippen molar-refractivity contribution in [1.29, 1.82) is 0 Å². The van der Waals surface area contributed by atoms with E-state index in [-0.39, 0.29) is 11.5 Å². The normalized spacial score (nSPS) is 10.3. The third-order valence-corrected chi connectivity index (χ3v) is 3.40. The van der Waals surface area contributed by atoms with E-state index in [2.05, 4.69) is 34.0 Å². The fourth-order valence-corrected chi connectivity index (χ4v) is 2.36. The molecule has 0 fully saturated rings. The van der Waals surface area contributed by atoms with Gasteiger partial charge in [-0.15, -0.1) is 0 Å². The summed E-state index contributed by atoms with van der Waals surface area (Å²) in [7, 11) is 0. The number of benzene rings is 2. The van der Waals surface area contributed by atoms with Crippen molar-refractivity contribution in [3.05, 3.63) is 51.1 Å². The number of aromatic hydroxyl groups is 2. The van der Waals surface area contributed by atoms with E-state index >= 15 is 0 Å². The summed E-state index contributed by atoms with van der Waals surface area (Å²) in [5.74, 6) is 0.173. The molecule has 0 aliphatic carbocycles. The highest BCUT2D eigenvalue weighted by atomic mass is 127. The number of nitrogens with one attached hydrogen (secondary N) is 1. The van der Waals surface area contributed by atoms with Crippen molar-refractivity contribution in [3.8, 4) is 11.5 Å². The highest BCUT2D eigenvalue weighted by Crippen LogP contribution is 2.24. The maximum atomic E-state index is 9.68. The molecule has 0 aromatic heterocycles. The Bertz CT molecular complexity index is 518. The van der Waals surface area contributed by atoms with Gasteiger partial charge in [0.15, 0.2) is 0 Å². The smallest absolute Gasteiger partial charge is 0.124 e. The summed E-state index contributed by atoms with van der Waals surface area (Å²) in [5, 5.41) is 22.2. The first-order valence-corrected chi connectivity index (χ1v) is 6.65. The Hall–Kier alpha value is -1.43. The second-order valence-electron chi connectivity index (χ2n) is 4.13. The van der Waals surface area contributed by atoms with Crippen molar-refractivity contribution >= 4 is 28.3 Å². The number of halogens is 1. The SMILES string of the molecule is Cc1cc(I)ccc1NCc1ccc(O)cc1O. The van der Waals surface area contributed by atoms with Crippen LogP contribution in [0.5, 0.6) is 11.5 Å². The molecule has 2 aromatic carbocycles. The highest BCUT2D eigenvalue weighted by Gasteiger charge is 2.03. The van der Waals surface area contributed by atoms with Crippen molar-refractivity contribution < 1.29 is 10.2 Å². The Labute approximate surface area is 120 Å². The second kappa shape index (κ2) is 5.48. The van der Waals surface area contributed by atoms with Crippen LogP contribution in [0.3, 0.4) is 0 Å². The molecule has 0 saturated heterocycles. The van der Waals surface area contributed by atoms with E-state index in [0.717, 1.165) is 11.3 Å². The second-order valence-corrected chi connectivity index (χ2v) is 5.37. The predicted octanol–water partition coefficient (Wildman–Crippen LogP) is 3.62. The summed E-state index contributed by atoms with van der Waals surface area (Å²) in [6.07, 6.45) is 0. The van der Waals surface area contributed by atoms with Gasteiger partial charge in [-0.2, -0.15) is 0 Å². The molecule has 2 aromatic rings. The average Bonchev–Trinajstić information content (AvgIpc) is 2.30. The van der Waals surface area contributed by atoms with Gasteiger partial charge in [0.2, 0.25) is 0 Å². The van der Waals surface area contributed by atoms with Crippen LogP contribution in [-0.4, -0.2) is 10.2 Å². The minimum absolute atomic E-state index is 0.0710. The molecule has 0 radical (unpaired) electrons. The van der Waals surface area contributed by atoms with Crippen molar-refractivity contribution in [2.75, 3.05) is 5.32 Å². The van der Waals surface area contributed by atoms with E-state index in [9.17, 15) is 10.2 Å². The van der Waals surface area contributed by atoms with Crippen LogP contribution in [0, 0.1) is 10.5 Å². The first-order chi connectivity index (χ1) is 8.56. The van der Waals surface area contributed by atoms with E-state index in [1.807, 2.05) is 19.1 Å². The van der Waals surface area contributed by atoms with Gasteiger partial charge in [0.25, 0.3) is 0 Å². The van der Waals surface area contributed by atoms with Crippen LogP contribution in [0.4, 0.5) is 5.69 Å². The third-order valence-electron chi connectivity index (χ3n) is 2.73. The molecule has 18 heavy (non-hydrogen) atoms. The molecule has 0 atom stereocenters. The zero-order valence-corrected chi connectivity index (χ0v) is 12.1. The number of hydrogen-bond acceptors (Lipinski definition) is 3. The lowest BCUT2D eigenvalue weighted by atomic mass is 10.1. The summed E-state index contributed by atoms with van der Waals surface area (Å²) in [6, 6.07) is 10.8. The molecule has 0 amide bonds. The van der Waals surface area contributed by atoms with E-state index in [4.69, 9.17) is 0 Å². The monoisotopic (exact) mass is 355 g/mol. The predicted molar refractivity (Wildman–Crippen MR) is 81.0 cm³/mol. The molecule has 3 N–H and O–H groups in total. The number of anilines is 1. The van der Waals surface area contributed by atoms with Crippen LogP contribution < -0.4 is 5.32 Å². The van der Waals surface area contributed by atoms with E-state index < -0.39 is 0 Å². The Kier molecular flexibility index (Phi) is 3.96. The van der Waals surface area contributed by atoms with Gasteiger partial charge in [-0.05, 0) is 65.4 Å². The lowest BCUT2D eigenvalue weighted by molar-refractivity contribution is 0.446. The molecule has 0 aliphatic rings. The number of hydrogen-bond donors (Lipinski definition) is 3. The Morgan fingerprint density at radius 3 is 2.56 bits per heavy atom. The van der Waals surface area contributed by atoms with Gasteiger partial charge in [-0.3, -0.25) is 0 Å². The standard InChI is InChI=1S/C14H14INO2/c1-9-6-11(15)3-5-13(9)16-8-10-2-4-12(17)7-14(10)18/h2-7,16-18H,8H2,1H3. The van der Waals surface area contributed by atoms with Crippen LogP contribution in [0.15, 0.2) is 36.4 Å². The maximum absolute atomic E-state index is 9.68. The van der Waals surface area contributed by atoms with Crippen LogP contribution in [0.2, 0.25) is 0 Å². The fourth-order valence-electron chi connectivity index (χ4n) is 1.72. The molecule has 3 nitrogen and oxygen atoms in total. The molecule has 0 bridgehead atoms. The summed E-state index contributed by atoms with van der Waals surface area (Å²) < 4.78 is 1.20. The number of phenols is 2. The van der Waals surface area contributed by atoms with Gasteiger partial charge < -0.3 is 15.5 Å². The van der Waals surface area contributed by atoms with Gasteiger partial charge in [-0.1, -0.05) is 0 Å². The average molecular weight is 355 g/mol. The van der Waals surface area contributed by atoms with Crippen molar-refractivity contribution in [2.24, 2.45) is 0 Å². The molecule has 2 rings (SSSR count). The Morgan fingerprint density at radius 2 is 1.89 bits per heavy atom. The Morgan fingerprint density at radius 1 is 1.11 bits per heavy atom. The van der Waals surface area contributed by atoms with Crippen LogP contribution in [0.25, 0.3) is 0 Å². The summed E-state index contributed by atoms with van der Waals surface area (Å²) in [6.45, 7) is 2.56. The number of phenolic OH excluding ortho intramolecular Hbond substituents is 2. The molecular formula is C14H14INO2. The van der Waals surface area contributed by atoms with Crippen LogP contribution in [-0.2, 0) is 6.54 Å². The quantitative estimate of drug-likeness (QED) is 0.738. The first-order valence-electron chi connectivity index (χ1n) is 5.57. The molecule has 0 aliphatic heterocycles. The highest BCUT2D eigenvalue weighted by molar-refractivity contribution is 14.1. The lowest BCUT2D eigenvalue weighted by Crippen LogP contribution is -2.01. The van der Waals surface area contributed by atoms with E-state index in [1.165, 1.54) is 15.2 Å². The zero-order chi connectivity index (χ0) is 13.1. The number of rotatable bonds is 3. The summed E-state index contributed by atoms with van der Waals surface area (Å²) >= 11 is 2.28. The van der Waals surface area contributed by atoms with Gasteiger partial charge in [0.1, 0.15) is 11.5 Å². The minimum atomic E-state index is 0.0710. The Balaban J connectivity index is 2.11. The van der Waals surface area contributed by atoms with Gasteiger partial charge in [0, 0.05) is 27.4 Å². The summed E-state index contributed by atoms with van der Waals surface area (Å²) in [4.78, 5) is 0. The summed E-state index contributed by atoms with van der Waals surface area (Å²) in [5.41, 5.74) is 2.97. The molecule has 0 heterocycles. The third kappa shape index (κ3) is 3.07. The molecule has 94 valence electrons. The zero-order valence-electron chi connectivity index (χ0n) is 9.94. The first kappa shape index (κ1) is 13.0. The van der Waals surface area contributed by atoms with E-state index in [1.54, 1.807) is 12.1 Å². The number of aryl methyl sites for hydroxylation is 1. The molecule has 4 heteroatoms. The van der Waals surface area contributed by atoms with E-state index in [0.29, 0.717) is 6.54 Å². The topological polar surface area (TPSA) is 52.5 Å². The lowest BCUT2D eigenvalue weighted by Gasteiger charge is -2.11. The maximum Gasteiger partial charge on any atom is 0.124 e. The van der Waals surface area contributed by atoms with Crippen molar-refractivity contribution in [3.63, 3.8) is 0 Å². The molecule has 0 saturated carbocycles. The molecule has 0 unspecified atom stereocenters. The minimum Gasteiger partial charge on any atom is -0.508 e. The van der Waals surface area contributed by atoms with Crippen LogP contribution >= 0.6 is 22.6 Å². The molecular weight excluding hydrogens is 341 g/mol. The van der Waals surface area contributed by atoms with Crippen molar-refractivity contribution in [1.82, 2.24) is 0 Å².